The van der Waals surface area contributed by atoms with E-state index < -0.39 is 0 Å². The maximum absolute atomic E-state index is 11.4. The second-order valence-electron chi connectivity index (χ2n) is 4.16. The number of anilines is 1. The lowest BCUT2D eigenvalue weighted by atomic mass is 9.86. The topological polar surface area (TPSA) is 77.5 Å². The zero-order chi connectivity index (χ0) is 12.8. The number of allylic oxidation sites excluding steroid dienone is 2. The second kappa shape index (κ2) is 6.15. The molecule has 0 bridgehead atoms. The molecule has 92 valence electrons. The minimum absolute atomic E-state index is 0.205. The first-order chi connectivity index (χ1) is 8.16. The van der Waals surface area contributed by atoms with E-state index in [9.17, 15) is 4.79 Å². The van der Waals surface area contributed by atoms with E-state index in [-0.39, 0.29) is 5.78 Å². The highest BCUT2D eigenvalue weighted by atomic mass is 16.2. The van der Waals surface area contributed by atoms with E-state index in [1.54, 1.807) is 12.3 Å². The van der Waals surface area contributed by atoms with Crippen molar-refractivity contribution in [2.24, 2.45) is 5.92 Å². The van der Waals surface area contributed by atoms with E-state index in [1.165, 1.54) is 0 Å². The number of hydrogen-bond donors (Lipinski definition) is 2. The number of pyridine rings is 1. The van der Waals surface area contributed by atoms with Crippen LogP contribution in [0.25, 0.3) is 5.57 Å². The van der Waals surface area contributed by atoms with Gasteiger partial charge in [-0.25, -0.2) is 4.98 Å². The standard InChI is InChI=1S/C12H14N2O.CH4O/c1-8-4-9(6-10(15)5-8)11-2-3-14-7-12(11)13;1-2/h2-3,6-8H,4-5,13H2,1H3;2H,1H3/p+1. The smallest absolute Gasteiger partial charge is 0.190 e. The molecule has 0 fully saturated rings. The van der Waals surface area contributed by atoms with E-state index in [4.69, 9.17) is 10.8 Å². The Kier molecular flexibility index (Phi) is 4.84. The monoisotopic (exact) mass is 235 g/mol. The minimum Gasteiger partial charge on any atom is -0.400 e. The lowest BCUT2D eigenvalue weighted by Crippen LogP contribution is -2.12. The van der Waals surface area contributed by atoms with Crippen LogP contribution in [0.4, 0.5) is 5.69 Å². The maximum atomic E-state index is 11.4. The molecule has 1 heterocycles. The average molecular weight is 235 g/mol. The van der Waals surface area contributed by atoms with Gasteiger partial charge in [-0.3, -0.25) is 4.79 Å². The van der Waals surface area contributed by atoms with E-state index >= 15 is 0 Å². The van der Waals surface area contributed by atoms with Gasteiger partial charge in [-0.05, 0) is 24.0 Å². The molecule has 1 aliphatic carbocycles. The quantitative estimate of drug-likeness (QED) is 0.764. The molecule has 4 nitrogen and oxygen atoms in total. The number of carbonyl (C=O) groups is 1. The third-order valence-electron chi connectivity index (χ3n) is 2.70. The molecular formula is C13H19N2O2+. The zero-order valence-electron chi connectivity index (χ0n) is 10.2. The van der Waals surface area contributed by atoms with E-state index in [0.29, 0.717) is 18.0 Å². The molecule has 17 heavy (non-hydrogen) atoms. The van der Waals surface area contributed by atoms with Gasteiger partial charge in [0, 0.05) is 25.2 Å². The lowest BCUT2D eigenvalue weighted by molar-refractivity contribution is -0.377. The predicted octanol–water partition coefficient (Wildman–Crippen LogP) is 1.07. The number of aliphatic hydroxyl groups is 1. The van der Waals surface area contributed by atoms with Gasteiger partial charge in [0.05, 0.1) is 0 Å². The Morgan fingerprint density at radius 3 is 2.71 bits per heavy atom. The fourth-order valence-electron chi connectivity index (χ4n) is 2.03. The first kappa shape index (κ1) is 13.4. The number of aromatic nitrogens is 1. The maximum Gasteiger partial charge on any atom is 0.190 e. The van der Waals surface area contributed by atoms with Gasteiger partial charge in [-0.2, -0.15) is 0 Å². The number of nitrogen functional groups attached to an aromatic ring is 1. The summed E-state index contributed by atoms with van der Waals surface area (Å²) in [6.45, 7) is 2.09. The number of carbonyl (C=O) groups excluding carboxylic acids is 1. The molecule has 0 saturated carbocycles. The van der Waals surface area contributed by atoms with E-state index in [0.717, 1.165) is 24.7 Å². The normalized spacial score (nSPS) is 19.1. The average Bonchev–Trinajstić information content (AvgIpc) is 2.31. The van der Waals surface area contributed by atoms with Crippen LogP contribution in [-0.4, -0.2) is 18.0 Å². The van der Waals surface area contributed by atoms with Gasteiger partial charge in [0.2, 0.25) is 0 Å². The fourth-order valence-corrected chi connectivity index (χ4v) is 2.03. The molecule has 1 aromatic rings. The third-order valence-corrected chi connectivity index (χ3v) is 2.70. The summed E-state index contributed by atoms with van der Waals surface area (Å²) in [5, 5.41) is 7.00. The first-order valence-electron chi connectivity index (χ1n) is 5.61. The van der Waals surface area contributed by atoms with Crippen LogP contribution in [-0.2, 0) is 4.79 Å². The number of rotatable bonds is 1. The third kappa shape index (κ3) is 3.39. The summed E-state index contributed by atoms with van der Waals surface area (Å²) in [6.07, 6.45) is 6.89. The highest BCUT2D eigenvalue weighted by Gasteiger charge is 2.19. The highest BCUT2D eigenvalue weighted by molar-refractivity contribution is 5.99. The molecule has 1 unspecified atom stereocenters. The summed E-state index contributed by atoms with van der Waals surface area (Å²) >= 11 is 0. The fraction of sp³-hybridized carbons (Fsp3) is 0.385. The summed E-state index contributed by atoms with van der Waals surface area (Å²) < 4.78 is 0. The molecule has 1 aromatic heterocycles. The molecule has 0 aromatic carbocycles. The summed E-state index contributed by atoms with van der Waals surface area (Å²) in [6, 6.07) is 1.92. The summed E-state index contributed by atoms with van der Waals surface area (Å²) in [4.78, 5) is 14.4. The van der Waals surface area contributed by atoms with Crippen LogP contribution in [0.5, 0.6) is 0 Å². The van der Waals surface area contributed by atoms with Crippen LogP contribution in [0.1, 0.15) is 25.3 Å². The molecule has 4 N–H and O–H groups in total. The number of nitrogens with two attached hydrogens (primary N) is 1. The Balaban J connectivity index is 0.000000686. The number of hydrogen-bond acceptors (Lipinski definition) is 3. The van der Waals surface area contributed by atoms with Crippen LogP contribution >= 0.6 is 0 Å². The number of H-pyrrole nitrogens is 1. The minimum atomic E-state index is 0.205. The van der Waals surface area contributed by atoms with Crippen LogP contribution in [0.3, 0.4) is 0 Å². The molecule has 0 aliphatic heterocycles. The number of aromatic amines is 1. The first-order valence-corrected chi connectivity index (χ1v) is 5.61. The van der Waals surface area contributed by atoms with Crippen molar-refractivity contribution in [2.45, 2.75) is 19.8 Å². The zero-order valence-corrected chi connectivity index (χ0v) is 10.2. The van der Waals surface area contributed by atoms with Crippen molar-refractivity contribution in [1.82, 2.24) is 0 Å². The Labute approximate surface area is 101 Å². The van der Waals surface area contributed by atoms with Crippen LogP contribution in [0, 0.1) is 5.92 Å². The number of aliphatic hydroxyl groups excluding tert-OH is 1. The van der Waals surface area contributed by atoms with Gasteiger partial charge in [0.25, 0.3) is 0 Å². The van der Waals surface area contributed by atoms with Gasteiger partial charge < -0.3 is 10.8 Å². The van der Waals surface area contributed by atoms with Crippen molar-refractivity contribution in [3.8, 4) is 0 Å². The molecule has 0 spiro atoms. The summed E-state index contributed by atoms with van der Waals surface area (Å²) in [5.74, 6) is 0.622. The van der Waals surface area contributed by atoms with Crippen molar-refractivity contribution in [2.75, 3.05) is 12.8 Å². The SMILES string of the molecule is CC1CC(=O)C=C(c2cc[nH+]cc2N)C1.CO. The van der Waals surface area contributed by atoms with Gasteiger partial charge in [0.15, 0.2) is 18.2 Å². The van der Waals surface area contributed by atoms with Crippen molar-refractivity contribution in [3.63, 3.8) is 0 Å². The van der Waals surface area contributed by atoms with Crippen LogP contribution in [0.2, 0.25) is 0 Å². The Morgan fingerprint density at radius 1 is 1.41 bits per heavy atom. The Morgan fingerprint density at radius 2 is 2.12 bits per heavy atom. The number of ketones is 1. The Bertz CT molecular complexity index is 427. The van der Waals surface area contributed by atoms with Crippen LogP contribution in [0.15, 0.2) is 24.5 Å². The van der Waals surface area contributed by atoms with Crippen molar-refractivity contribution < 1.29 is 14.9 Å². The second-order valence-corrected chi connectivity index (χ2v) is 4.16. The van der Waals surface area contributed by atoms with Crippen molar-refractivity contribution in [1.29, 1.82) is 0 Å². The predicted molar refractivity (Wildman–Crippen MR) is 66.9 cm³/mol. The van der Waals surface area contributed by atoms with Crippen molar-refractivity contribution in [3.05, 3.63) is 30.1 Å². The molecule has 0 saturated heterocycles. The summed E-state index contributed by atoms with van der Waals surface area (Å²) in [7, 11) is 1.00. The van der Waals surface area contributed by atoms with Crippen molar-refractivity contribution >= 4 is 17.0 Å². The van der Waals surface area contributed by atoms with E-state index in [2.05, 4.69) is 11.9 Å². The molecule has 0 amide bonds. The summed E-state index contributed by atoms with van der Waals surface area (Å²) in [5.41, 5.74) is 8.60. The number of nitrogens with one attached hydrogen (secondary N) is 1. The molecular weight excluding hydrogens is 216 g/mol. The molecule has 1 aliphatic rings. The van der Waals surface area contributed by atoms with E-state index in [1.807, 2.05) is 12.3 Å². The van der Waals surface area contributed by atoms with Gasteiger partial charge in [-0.15, -0.1) is 0 Å². The Hall–Kier alpha value is -1.68. The van der Waals surface area contributed by atoms with Gasteiger partial charge in [-0.1, -0.05) is 6.92 Å². The molecule has 1 atom stereocenters. The molecule has 0 radical (unpaired) electrons. The van der Waals surface area contributed by atoms with Gasteiger partial charge >= 0.3 is 0 Å². The van der Waals surface area contributed by atoms with Crippen LogP contribution < -0.4 is 10.7 Å². The van der Waals surface area contributed by atoms with Gasteiger partial charge in [0.1, 0.15) is 5.69 Å². The molecule has 2 rings (SSSR count). The lowest BCUT2D eigenvalue weighted by Gasteiger charge is -2.18. The largest absolute Gasteiger partial charge is 0.400 e. The molecule has 4 heteroatoms. The highest BCUT2D eigenvalue weighted by Crippen LogP contribution is 2.31.